The van der Waals surface area contributed by atoms with E-state index in [1.807, 2.05) is 0 Å². The zero-order valence-corrected chi connectivity index (χ0v) is 13.6. The molecule has 2 heterocycles. The lowest BCUT2D eigenvalue weighted by Crippen LogP contribution is -2.35. The van der Waals surface area contributed by atoms with Gasteiger partial charge in [-0.05, 0) is 44.8 Å². The molecule has 1 aromatic heterocycles. The van der Waals surface area contributed by atoms with Gasteiger partial charge < -0.3 is 10.2 Å². The van der Waals surface area contributed by atoms with Gasteiger partial charge in [0, 0.05) is 19.5 Å². The number of hydrogen-bond donors (Lipinski definition) is 1. The van der Waals surface area contributed by atoms with Crippen LogP contribution in [0.4, 0.5) is 5.69 Å². The fourth-order valence-electron chi connectivity index (χ4n) is 2.88. The molecule has 1 aliphatic rings. The Bertz CT molecular complexity index is 523. The van der Waals surface area contributed by atoms with Crippen molar-refractivity contribution >= 4 is 11.6 Å². The first-order valence-corrected chi connectivity index (χ1v) is 8.24. The number of rotatable bonds is 8. The van der Waals surface area contributed by atoms with E-state index in [4.69, 9.17) is 0 Å². The molecule has 8 nitrogen and oxygen atoms in total. The Balaban J connectivity index is 1.59. The van der Waals surface area contributed by atoms with Crippen molar-refractivity contribution in [2.45, 2.75) is 39.2 Å². The molecule has 8 heteroatoms. The molecule has 0 radical (unpaired) electrons. The Hall–Kier alpha value is -1.96. The Kier molecular flexibility index (Phi) is 6.52. The maximum Gasteiger partial charge on any atom is 0.306 e. The Morgan fingerprint density at radius 1 is 1.48 bits per heavy atom. The first-order chi connectivity index (χ1) is 11.1. The van der Waals surface area contributed by atoms with Crippen LogP contribution < -0.4 is 5.32 Å². The zero-order valence-electron chi connectivity index (χ0n) is 13.6. The van der Waals surface area contributed by atoms with Crippen LogP contribution in [0.15, 0.2) is 12.4 Å². The summed E-state index contributed by atoms with van der Waals surface area (Å²) in [5.41, 5.74) is -0.0520. The number of carbonyl (C=O) groups excluding carboxylic acids is 1. The van der Waals surface area contributed by atoms with Crippen LogP contribution in [0.5, 0.6) is 0 Å². The predicted octanol–water partition coefficient (Wildman–Crippen LogP) is 1.42. The first kappa shape index (κ1) is 17.4. The van der Waals surface area contributed by atoms with E-state index in [9.17, 15) is 14.9 Å². The molecule has 0 spiro atoms. The molecule has 1 amide bonds. The average molecular weight is 323 g/mol. The van der Waals surface area contributed by atoms with Crippen molar-refractivity contribution < 1.29 is 9.72 Å². The Morgan fingerprint density at radius 3 is 2.83 bits per heavy atom. The minimum atomic E-state index is -0.493. The van der Waals surface area contributed by atoms with E-state index in [0.717, 1.165) is 26.1 Å². The summed E-state index contributed by atoms with van der Waals surface area (Å²) in [5, 5.41) is 17.3. The van der Waals surface area contributed by atoms with Gasteiger partial charge in [0.25, 0.3) is 0 Å². The second-order valence-electron chi connectivity index (χ2n) is 5.98. The van der Waals surface area contributed by atoms with Crippen molar-refractivity contribution in [2.24, 2.45) is 5.92 Å². The minimum Gasteiger partial charge on any atom is -0.356 e. The molecule has 1 aliphatic heterocycles. The molecular weight excluding hydrogens is 298 g/mol. The van der Waals surface area contributed by atoms with Crippen molar-refractivity contribution in [1.82, 2.24) is 20.0 Å². The summed E-state index contributed by atoms with van der Waals surface area (Å²) in [5.74, 6) is 0.668. The van der Waals surface area contributed by atoms with E-state index < -0.39 is 4.92 Å². The summed E-state index contributed by atoms with van der Waals surface area (Å²) in [6.45, 7) is 6.69. The van der Waals surface area contributed by atoms with E-state index in [1.165, 1.54) is 29.9 Å². The molecule has 0 unspecified atom stereocenters. The van der Waals surface area contributed by atoms with Crippen LogP contribution in [0.25, 0.3) is 0 Å². The minimum absolute atomic E-state index is 0.0332. The van der Waals surface area contributed by atoms with E-state index in [1.54, 1.807) is 0 Å². The number of nitrogens with zero attached hydrogens (tertiary/aromatic N) is 4. The average Bonchev–Trinajstić information content (AvgIpc) is 3.03. The highest BCUT2D eigenvalue weighted by molar-refractivity contribution is 5.75. The molecule has 0 aromatic carbocycles. The third-order valence-corrected chi connectivity index (χ3v) is 4.43. The van der Waals surface area contributed by atoms with Gasteiger partial charge in [-0.15, -0.1) is 0 Å². The van der Waals surface area contributed by atoms with Crippen molar-refractivity contribution in [3.63, 3.8) is 0 Å². The molecule has 2 rings (SSSR count). The smallest absolute Gasteiger partial charge is 0.306 e. The number of piperidine rings is 1. The standard InChI is InChI=1S/C15H25N5O3/c1-2-18-8-4-13(5-9-18)3-7-16-15(21)6-10-19-12-14(11-17-19)20(22)23/h11-13H,2-10H2,1H3,(H,16,21). The summed E-state index contributed by atoms with van der Waals surface area (Å²) in [7, 11) is 0. The molecule has 1 fully saturated rings. The van der Waals surface area contributed by atoms with E-state index in [2.05, 4.69) is 22.2 Å². The summed E-state index contributed by atoms with van der Waals surface area (Å²) in [6, 6.07) is 0. The van der Waals surface area contributed by atoms with E-state index >= 15 is 0 Å². The van der Waals surface area contributed by atoms with Crippen molar-refractivity contribution in [1.29, 1.82) is 0 Å². The fraction of sp³-hybridized carbons (Fsp3) is 0.733. The fourth-order valence-corrected chi connectivity index (χ4v) is 2.88. The van der Waals surface area contributed by atoms with Crippen LogP contribution in [0.2, 0.25) is 0 Å². The predicted molar refractivity (Wildman–Crippen MR) is 86.0 cm³/mol. The normalized spacial score (nSPS) is 16.4. The van der Waals surface area contributed by atoms with Crippen LogP contribution in [-0.2, 0) is 11.3 Å². The number of nitro groups is 1. The molecule has 1 N–H and O–H groups in total. The lowest BCUT2D eigenvalue weighted by molar-refractivity contribution is -0.385. The Labute approximate surface area is 136 Å². The van der Waals surface area contributed by atoms with Crippen molar-refractivity contribution in [2.75, 3.05) is 26.2 Å². The number of likely N-dealkylation sites (tertiary alicyclic amines) is 1. The Morgan fingerprint density at radius 2 is 2.22 bits per heavy atom. The van der Waals surface area contributed by atoms with Gasteiger partial charge in [-0.1, -0.05) is 6.92 Å². The van der Waals surface area contributed by atoms with Crippen molar-refractivity contribution in [3.8, 4) is 0 Å². The first-order valence-electron chi connectivity index (χ1n) is 8.24. The van der Waals surface area contributed by atoms with Crippen molar-refractivity contribution in [3.05, 3.63) is 22.5 Å². The summed E-state index contributed by atoms with van der Waals surface area (Å²) in [4.78, 5) is 24.3. The molecule has 128 valence electrons. The molecular formula is C15H25N5O3. The monoisotopic (exact) mass is 323 g/mol. The highest BCUT2D eigenvalue weighted by atomic mass is 16.6. The van der Waals surface area contributed by atoms with Gasteiger partial charge in [0.1, 0.15) is 12.4 Å². The van der Waals surface area contributed by atoms with Gasteiger partial charge in [0.05, 0.1) is 4.92 Å². The molecule has 23 heavy (non-hydrogen) atoms. The van der Waals surface area contributed by atoms with Crippen LogP contribution >= 0.6 is 0 Å². The molecule has 0 atom stereocenters. The quantitative estimate of drug-likeness (QED) is 0.577. The number of nitrogens with one attached hydrogen (secondary N) is 1. The number of carbonyl (C=O) groups is 1. The van der Waals surface area contributed by atoms with E-state index in [-0.39, 0.29) is 18.0 Å². The number of hydrogen-bond acceptors (Lipinski definition) is 5. The van der Waals surface area contributed by atoms with Crippen LogP contribution in [0, 0.1) is 16.0 Å². The number of amides is 1. The number of aromatic nitrogens is 2. The highest BCUT2D eigenvalue weighted by Crippen LogP contribution is 2.19. The highest BCUT2D eigenvalue weighted by Gasteiger charge is 2.17. The topological polar surface area (TPSA) is 93.3 Å². The second kappa shape index (κ2) is 8.61. The lowest BCUT2D eigenvalue weighted by Gasteiger charge is -2.31. The van der Waals surface area contributed by atoms with Crippen LogP contribution in [-0.4, -0.2) is 51.7 Å². The van der Waals surface area contributed by atoms with Gasteiger partial charge >= 0.3 is 5.69 Å². The zero-order chi connectivity index (χ0) is 16.7. The molecule has 0 aliphatic carbocycles. The van der Waals surface area contributed by atoms with Gasteiger partial charge in [-0.2, -0.15) is 5.10 Å². The lowest BCUT2D eigenvalue weighted by atomic mass is 9.93. The second-order valence-corrected chi connectivity index (χ2v) is 5.98. The van der Waals surface area contributed by atoms with E-state index in [0.29, 0.717) is 19.0 Å². The SMILES string of the molecule is CCN1CCC(CCNC(=O)CCn2cc([N+](=O)[O-])cn2)CC1. The van der Waals surface area contributed by atoms with Crippen LogP contribution in [0.1, 0.15) is 32.6 Å². The van der Waals surface area contributed by atoms with Crippen LogP contribution in [0.3, 0.4) is 0 Å². The molecule has 0 bridgehead atoms. The molecule has 1 saturated heterocycles. The maximum absolute atomic E-state index is 11.8. The van der Waals surface area contributed by atoms with Gasteiger partial charge in [-0.3, -0.25) is 19.6 Å². The van der Waals surface area contributed by atoms with Gasteiger partial charge in [0.15, 0.2) is 0 Å². The third-order valence-electron chi connectivity index (χ3n) is 4.43. The molecule has 1 aromatic rings. The molecule has 0 saturated carbocycles. The van der Waals surface area contributed by atoms with Gasteiger partial charge in [0.2, 0.25) is 5.91 Å². The third kappa shape index (κ3) is 5.63. The summed E-state index contributed by atoms with van der Waals surface area (Å²) in [6.07, 6.45) is 6.26. The summed E-state index contributed by atoms with van der Waals surface area (Å²) >= 11 is 0. The number of aryl methyl sites for hydroxylation is 1. The maximum atomic E-state index is 11.8. The largest absolute Gasteiger partial charge is 0.356 e. The van der Waals surface area contributed by atoms with Gasteiger partial charge in [-0.25, -0.2) is 0 Å². The summed E-state index contributed by atoms with van der Waals surface area (Å²) < 4.78 is 1.43.